The number of aliphatic hydroxyl groups is 1. The molecule has 2 aliphatic carbocycles. The van der Waals surface area contributed by atoms with Crippen LogP contribution in [0.4, 0.5) is 5.69 Å². The van der Waals surface area contributed by atoms with Gasteiger partial charge < -0.3 is 26.0 Å². The Labute approximate surface area is 231 Å². The van der Waals surface area contributed by atoms with E-state index in [1.807, 2.05) is 29.2 Å². The molecule has 1 saturated carbocycles. The number of allylic oxidation sites excluding steroid dienone is 1. The first-order valence-electron chi connectivity index (χ1n) is 13.4. The average molecular weight is 550 g/mol. The number of pyridine rings is 1. The molecule has 5 atom stereocenters. The number of amides is 2. The van der Waals surface area contributed by atoms with Crippen LogP contribution in [0.5, 0.6) is 0 Å². The molecule has 3 aliphatic rings. The number of nitrogens with one attached hydrogen (secondary N) is 2. The summed E-state index contributed by atoms with van der Waals surface area (Å²) in [5.74, 6) is 0.249. The smallest absolute Gasteiger partial charge is 0.253 e. The highest BCUT2D eigenvalue weighted by atomic mass is 35.5. The Morgan fingerprint density at radius 3 is 2.74 bits per heavy atom. The molecule has 39 heavy (non-hydrogen) atoms. The molecular formula is C28H32ClN7O3. The quantitative estimate of drug-likeness (QED) is 0.332. The number of β-amino-alcohol motifs (C(OH)–C–C–N with tert-alkyl or cyclic N) is 1. The highest BCUT2D eigenvalue weighted by molar-refractivity contribution is 6.34. The van der Waals surface area contributed by atoms with Crippen LogP contribution in [0.1, 0.15) is 23.7 Å². The number of primary amides is 1. The van der Waals surface area contributed by atoms with Crippen molar-refractivity contribution < 1.29 is 14.7 Å². The number of benzene rings is 1. The number of aliphatic hydroxyl groups excluding tert-OH is 1. The molecular weight excluding hydrogens is 518 g/mol. The Hall–Kier alpha value is -3.47. The van der Waals surface area contributed by atoms with Crippen LogP contribution in [0, 0.1) is 17.8 Å². The Balaban J connectivity index is 1.24. The summed E-state index contributed by atoms with van der Waals surface area (Å²) in [6, 6.07) is 7.23. The fraction of sp³-hybridized carbons (Fsp3) is 0.429. The number of carbonyl (C=O) groups is 2. The number of hydrogen-bond acceptors (Lipinski definition) is 7. The standard InChI is InChI=1S/C28H32ClN7O3/c1-15(37)14-35-7-9-36(10-8-35)28(39)19-4-2-3-18(12-19)26-33-24-23(20(29)13-31-27(24)34-26)32-22-17-6-5-16(11-17)21(22)25(30)38/h2-6,12-13,15-17,21-22,37H,7-11,14H2,1H3,(H2,30,38)(H2,31,32,33,34)/t15?,16-,17+,21+,22-/m1/s1. The first kappa shape index (κ1) is 25.8. The van der Waals surface area contributed by atoms with E-state index < -0.39 is 0 Å². The van der Waals surface area contributed by atoms with Gasteiger partial charge in [0.1, 0.15) is 11.3 Å². The van der Waals surface area contributed by atoms with E-state index >= 15 is 0 Å². The van der Waals surface area contributed by atoms with Gasteiger partial charge in [0.25, 0.3) is 5.91 Å². The Morgan fingerprint density at radius 1 is 1.23 bits per heavy atom. The van der Waals surface area contributed by atoms with Gasteiger partial charge in [-0.2, -0.15) is 0 Å². The number of piperazine rings is 1. The molecule has 2 aromatic heterocycles. The summed E-state index contributed by atoms with van der Waals surface area (Å²) in [5, 5.41) is 13.6. The monoisotopic (exact) mass is 549 g/mol. The second-order valence-corrected chi connectivity index (χ2v) is 11.2. The van der Waals surface area contributed by atoms with E-state index in [2.05, 4.69) is 37.3 Å². The minimum atomic E-state index is -0.387. The molecule has 1 aromatic carbocycles. The van der Waals surface area contributed by atoms with Crippen molar-refractivity contribution in [1.29, 1.82) is 0 Å². The van der Waals surface area contributed by atoms with Crippen LogP contribution in [-0.4, -0.2) is 86.5 Å². The molecule has 3 aromatic rings. The van der Waals surface area contributed by atoms with Crippen molar-refractivity contribution in [3.63, 3.8) is 0 Å². The van der Waals surface area contributed by atoms with E-state index in [-0.39, 0.29) is 41.7 Å². The minimum Gasteiger partial charge on any atom is -0.392 e. The second kappa shape index (κ2) is 10.3. The molecule has 5 N–H and O–H groups in total. The Kier molecular flexibility index (Phi) is 6.78. The molecule has 204 valence electrons. The summed E-state index contributed by atoms with van der Waals surface area (Å²) in [7, 11) is 0. The summed E-state index contributed by atoms with van der Waals surface area (Å²) in [6.07, 6.45) is 6.28. The number of aromatic amines is 1. The number of halogens is 1. The van der Waals surface area contributed by atoms with Crippen LogP contribution in [0.25, 0.3) is 22.6 Å². The van der Waals surface area contributed by atoms with Gasteiger partial charge in [0.15, 0.2) is 5.65 Å². The van der Waals surface area contributed by atoms with Crippen molar-refractivity contribution in [3.05, 3.63) is 53.2 Å². The number of anilines is 1. The number of nitrogens with two attached hydrogens (primary N) is 1. The zero-order valence-corrected chi connectivity index (χ0v) is 22.4. The van der Waals surface area contributed by atoms with Gasteiger partial charge in [0.2, 0.25) is 5.91 Å². The number of rotatable bonds is 7. The van der Waals surface area contributed by atoms with Crippen LogP contribution in [0.3, 0.4) is 0 Å². The van der Waals surface area contributed by atoms with Gasteiger partial charge in [-0.25, -0.2) is 9.97 Å². The van der Waals surface area contributed by atoms with Crippen LogP contribution in [0.15, 0.2) is 42.6 Å². The van der Waals surface area contributed by atoms with Crippen molar-refractivity contribution in [2.75, 3.05) is 38.0 Å². The SMILES string of the molecule is CC(O)CN1CCN(C(=O)c2cccc(-c3nc4ncc(Cl)c(N[C@H]5[C@@H](C(N)=O)[C@@H]6C=C[C@H]5C6)c4[nH]3)c2)CC1. The molecule has 10 nitrogen and oxygen atoms in total. The molecule has 3 heterocycles. The van der Waals surface area contributed by atoms with Gasteiger partial charge >= 0.3 is 0 Å². The molecule has 11 heteroatoms. The van der Waals surface area contributed by atoms with Gasteiger partial charge in [0, 0.05) is 49.9 Å². The first-order chi connectivity index (χ1) is 18.8. The first-order valence-corrected chi connectivity index (χ1v) is 13.7. The molecule has 6 rings (SSSR count). The van der Waals surface area contributed by atoms with E-state index in [1.54, 1.807) is 13.1 Å². The summed E-state index contributed by atoms with van der Waals surface area (Å²) in [4.78, 5) is 41.9. The van der Waals surface area contributed by atoms with Crippen molar-refractivity contribution >= 4 is 40.3 Å². The molecule has 0 spiro atoms. The van der Waals surface area contributed by atoms with E-state index in [0.29, 0.717) is 52.9 Å². The fourth-order valence-corrected chi connectivity index (χ4v) is 6.47. The zero-order chi connectivity index (χ0) is 27.3. The number of H-pyrrole nitrogens is 1. The normalized spacial score (nSPS) is 25.4. The topological polar surface area (TPSA) is 140 Å². The van der Waals surface area contributed by atoms with E-state index in [1.165, 1.54) is 0 Å². The highest BCUT2D eigenvalue weighted by Crippen LogP contribution is 2.46. The maximum absolute atomic E-state index is 13.3. The number of nitrogens with zero attached hydrogens (tertiary/aromatic N) is 4. The molecule has 1 saturated heterocycles. The lowest BCUT2D eigenvalue weighted by Crippen LogP contribution is -2.50. The minimum absolute atomic E-state index is 0.0324. The van der Waals surface area contributed by atoms with E-state index in [0.717, 1.165) is 25.1 Å². The predicted molar refractivity (Wildman–Crippen MR) is 149 cm³/mol. The number of aromatic nitrogens is 3. The lowest BCUT2D eigenvalue weighted by molar-refractivity contribution is -0.122. The average Bonchev–Trinajstić information content (AvgIpc) is 3.65. The van der Waals surface area contributed by atoms with E-state index in [9.17, 15) is 14.7 Å². The summed E-state index contributed by atoms with van der Waals surface area (Å²) < 4.78 is 0. The highest BCUT2D eigenvalue weighted by Gasteiger charge is 2.47. The lowest BCUT2D eigenvalue weighted by atomic mass is 9.88. The van der Waals surface area contributed by atoms with Crippen LogP contribution >= 0.6 is 11.6 Å². The fourth-order valence-electron chi connectivity index (χ4n) is 6.27. The molecule has 2 fully saturated rings. The molecule has 2 amide bonds. The number of carbonyl (C=O) groups excluding carboxylic acids is 2. The van der Waals surface area contributed by atoms with Crippen molar-refractivity contribution in [2.45, 2.75) is 25.5 Å². The van der Waals surface area contributed by atoms with Crippen molar-refractivity contribution in [1.82, 2.24) is 24.8 Å². The number of imidazole rings is 1. The van der Waals surface area contributed by atoms with E-state index in [4.69, 9.17) is 17.3 Å². The van der Waals surface area contributed by atoms with Crippen LogP contribution in [0.2, 0.25) is 5.02 Å². The molecule has 1 aliphatic heterocycles. The van der Waals surface area contributed by atoms with Gasteiger partial charge in [-0.05, 0) is 37.3 Å². The van der Waals surface area contributed by atoms with Gasteiger partial charge in [-0.15, -0.1) is 0 Å². The second-order valence-electron chi connectivity index (χ2n) is 10.8. The predicted octanol–water partition coefficient (Wildman–Crippen LogP) is 2.50. The third-order valence-electron chi connectivity index (χ3n) is 8.14. The van der Waals surface area contributed by atoms with Gasteiger partial charge in [0.05, 0.1) is 28.9 Å². The number of hydrogen-bond donors (Lipinski definition) is 4. The third-order valence-corrected chi connectivity index (χ3v) is 8.42. The van der Waals surface area contributed by atoms with Gasteiger partial charge in [-0.3, -0.25) is 14.5 Å². The molecule has 1 unspecified atom stereocenters. The van der Waals surface area contributed by atoms with Crippen molar-refractivity contribution in [2.24, 2.45) is 23.5 Å². The maximum Gasteiger partial charge on any atom is 0.253 e. The molecule has 0 radical (unpaired) electrons. The maximum atomic E-state index is 13.3. The number of fused-ring (bicyclic) bond motifs is 3. The molecule has 2 bridgehead atoms. The Bertz CT molecular complexity index is 1450. The summed E-state index contributed by atoms with van der Waals surface area (Å²) in [6.45, 7) is 5.08. The third kappa shape index (κ3) is 4.88. The largest absolute Gasteiger partial charge is 0.392 e. The summed E-state index contributed by atoms with van der Waals surface area (Å²) in [5.41, 5.74) is 8.85. The van der Waals surface area contributed by atoms with Crippen LogP contribution in [-0.2, 0) is 4.79 Å². The van der Waals surface area contributed by atoms with Crippen LogP contribution < -0.4 is 11.1 Å². The lowest BCUT2D eigenvalue weighted by Gasteiger charge is -2.35. The summed E-state index contributed by atoms with van der Waals surface area (Å²) >= 11 is 6.58. The van der Waals surface area contributed by atoms with Crippen molar-refractivity contribution in [3.8, 4) is 11.4 Å². The zero-order valence-electron chi connectivity index (χ0n) is 21.7. The van der Waals surface area contributed by atoms with Gasteiger partial charge in [-0.1, -0.05) is 35.9 Å². The Morgan fingerprint density at radius 2 is 2.00 bits per heavy atom.